The summed E-state index contributed by atoms with van der Waals surface area (Å²) in [6.45, 7) is 2.67. The van der Waals surface area contributed by atoms with Crippen molar-refractivity contribution >= 4 is 5.91 Å². The molecule has 2 heterocycles. The van der Waals surface area contributed by atoms with Gasteiger partial charge in [-0.05, 0) is 24.6 Å². The summed E-state index contributed by atoms with van der Waals surface area (Å²) in [5, 5.41) is 6.41. The van der Waals surface area contributed by atoms with Gasteiger partial charge in [-0.25, -0.2) is 4.98 Å². The number of nitrogens with one attached hydrogen (secondary N) is 1. The molecule has 1 N–H and O–H groups in total. The van der Waals surface area contributed by atoms with Gasteiger partial charge in [-0.1, -0.05) is 17.3 Å². The molecule has 7 heteroatoms. The zero-order valence-corrected chi connectivity index (χ0v) is 12.1. The normalized spacial score (nSPS) is 10.6. The monoisotopic (exact) mass is 297 g/mol. The molecular weight excluding hydrogens is 282 g/mol. The van der Waals surface area contributed by atoms with E-state index in [4.69, 9.17) is 4.52 Å². The first-order chi connectivity index (χ1) is 10.7. The van der Waals surface area contributed by atoms with E-state index in [-0.39, 0.29) is 12.5 Å². The Morgan fingerprint density at radius 3 is 2.77 bits per heavy atom. The predicted molar refractivity (Wildman–Crippen MR) is 78.0 cm³/mol. The average Bonchev–Trinajstić information content (AvgIpc) is 3.17. The molecule has 0 unspecified atom stereocenters. The number of amides is 1. The van der Waals surface area contributed by atoms with E-state index < -0.39 is 0 Å². The number of hydrogen-bond acceptors (Lipinski definition) is 5. The molecule has 0 saturated carbocycles. The molecule has 1 amide bonds. The van der Waals surface area contributed by atoms with Crippen LogP contribution in [0, 0.1) is 6.92 Å². The highest BCUT2D eigenvalue weighted by Crippen LogP contribution is 2.07. The molecule has 1 aromatic carbocycles. The lowest BCUT2D eigenvalue weighted by Crippen LogP contribution is -2.22. The number of carbonyl (C=O) groups is 1. The molecule has 0 aliphatic rings. The Labute approximate surface area is 127 Å². The number of nitrogens with zero attached hydrogens (tertiary/aromatic N) is 4. The van der Waals surface area contributed by atoms with Crippen molar-refractivity contribution in [3.05, 3.63) is 65.8 Å². The molecule has 2 aromatic heterocycles. The number of hydrogen-bond donors (Lipinski definition) is 1. The quantitative estimate of drug-likeness (QED) is 0.772. The van der Waals surface area contributed by atoms with Crippen LogP contribution in [-0.2, 0) is 13.1 Å². The van der Waals surface area contributed by atoms with Crippen LogP contribution < -0.4 is 5.32 Å². The van der Waals surface area contributed by atoms with Crippen molar-refractivity contribution in [1.82, 2.24) is 25.0 Å². The fourth-order valence-corrected chi connectivity index (χ4v) is 2.02. The topological polar surface area (TPSA) is 85.8 Å². The zero-order valence-electron chi connectivity index (χ0n) is 12.1. The Morgan fingerprint density at radius 1 is 1.32 bits per heavy atom. The number of carbonyl (C=O) groups excluding carboxylic acids is 1. The van der Waals surface area contributed by atoms with Crippen molar-refractivity contribution in [3.8, 4) is 0 Å². The van der Waals surface area contributed by atoms with E-state index in [2.05, 4.69) is 20.4 Å². The summed E-state index contributed by atoms with van der Waals surface area (Å²) in [6.07, 6.45) is 5.39. The summed E-state index contributed by atoms with van der Waals surface area (Å²) in [4.78, 5) is 20.1. The molecule has 0 saturated heterocycles. The molecule has 3 aromatic rings. The summed E-state index contributed by atoms with van der Waals surface area (Å²) in [5.41, 5.74) is 1.69. The van der Waals surface area contributed by atoms with Gasteiger partial charge in [0.25, 0.3) is 5.91 Å². The Bertz CT molecular complexity index is 747. The molecule has 0 aliphatic heterocycles. The third kappa shape index (κ3) is 3.38. The van der Waals surface area contributed by atoms with Gasteiger partial charge in [0.15, 0.2) is 5.82 Å². The molecule has 0 atom stereocenters. The van der Waals surface area contributed by atoms with Gasteiger partial charge in [0.1, 0.15) is 0 Å². The molecule has 0 fully saturated rings. The van der Waals surface area contributed by atoms with Crippen LogP contribution in [0.15, 0.2) is 47.5 Å². The molecule has 112 valence electrons. The maximum absolute atomic E-state index is 12.0. The lowest BCUT2D eigenvalue weighted by molar-refractivity contribution is 0.0946. The van der Waals surface area contributed by atoms with Gasteiger partial charge in [-0.3, -0.25) is 4.79 Å². The predicted octanol–water partition coefficient (Wildman–Crippen LogP) is 1.55. The van der Waals surface area contributed by atoms with Crippen molar-refractivity contribution in [1.29, 1.82) is 0 Å². The number of aryl methyl sites for hydroxylation is 1. The van der Waals surface area contributed by atoms with Crippen LogP contribution in [0.25, 0.3) is 0 Å². The van der Waals surface area contributed by atoms with Gasteiger partial charge < -0.3 is 14.4 Å². The SMILES string of the molecule is Cc1noc(CNC(=O)c2ccc(Cn3ccnc3)cc2)n1. The van der Waals surface area contributed by atoms with Crippen molar-refractivity contribution in [3.63, 3.8) is 0 Å². The Balaban J connectivity index is 1.58. The van der Waals surface area contributed by atoms with Gasteiger partial charge in [0.2, 0.25) is 5.89 Å². The standard InChI is InChI=1S/C15H15N5O2/c1-11-18-14(22-19-11)8-17-15(21)13-4-2-12(3-5-13)9-20-7-6-16-10-20/h2-7,10H,8-9H2,1H3,(H,17,21). The van der Waals surface area contributed by atoms with Crippen molar-refractivity contribution in [2.75, 3.05) is 0 Å². The molecule has 0 bridgehead atoms. The zero-order chi connectivity index (χ0) is 15.4. The average molecular weight is 297 g/mol. The lowest BCUT2D eigenvalue weighted by atomic mass is 10.1. The van der Waals surface area contributed by atoms with Crippen LogP contribution in [0.1, 0.15) is 27.6 Å². The molecule has 7 nitrogen and oxygen atoms in total. The Kier molecular flexibility index (Phi) is 3.95. The minimum Gasteiger partial charge on any atom is -0.343 e. The van der Waals surface area contributed by atoms with E-state index >= 15 is 0 Å². The second-order valence-corrected chi connectivity index (χ2v) is 4.85. The highest BCUT2D eigenvalue weighted by atomic mass is 16.5. The number of rotatable bonds is 5. The van der Waals surface area contributed by atoms with Crippen molar-refractivity contribution in [2.45, 2.75) is 20.0 Å². The molecule has 0 radical (unpaired) electrons. The van der Waals surface area contributed by atoms with Crippen LogP contribution >= 0.6 is 0 Å². The van der Waals surface area contributed by atoms with E-state index in [0.717, 1.165) is 12.1 Å². The summed E-state index contributed by atoms with van der Waals surface area (Å²) < 4.78 is 6.91. The lowest BCUT2D eigenvalue weighted by Gasteiger charge is -2.05. The summed E-state index contributed by atoms with van der Waals surface area (Å²) in [6, 6.07) is 7.43. The van der Waals surface area contributed by atoms with Crippen molar-refractivity contribution < 1.29 is 9.32 Å². The van der Waals surface area contributed by atoms with Crippen LogP contribution in [0.3, 0.4) is 0 Å². The molecule has 0 spiro atoms. The first-order valence-electron chi connectivity index (χ1n) is 6.83. The minimum atomic E-state index is -0.176. The fourth-order valence-electron chi connectivity index (χ4n) is 2.02. The van der Waals surface area contributed by atoms with Gasteiger partial charge in [0.05, 0.1) is 12.9 Å². The maximum Gasteiger partial charge on any atom is 0.251 e. The van der Waals surface area contributed by atoms with Crippen LogP contribution in [0.2, 0.25) is 0 Å². The highest BCUT2D eigenvalue weighted by molar-refractivity contribution is 5.94. The Hall–Kier alpha value is -2.96. The van der Waals surface area contributed by atoms with Gasteiger partial charge >= 0.3 is 0 Å². The van der Waals surface area contributed by atoms with Gasteiger partial charge in [-0.2, -0.15) is 4.98 Å². The number of aromatic nitrogens is 4. The van der Waals surface area contributed by atoms with Crippen LogP contribution in [0.4, 0.5) is 0 Å². The largest absolute Gasteiger partial charge is 0.343 e. The number of imidazole rings is 1. The Morgan fingerprint density at radius 2 is 2.14 bits per heavy atom. The molecule has 22 heavy (non-hydrogen) atoms. The van der Waals surface area contributed by atoms with Gasteiger partial charge in [-0.15, -0.1) is 0 Å². The maximum atomic E-state index is 12.0. The summed E-state index contributed by atoms with van der Waals surface area (Å²) >= 11 is 0. The number of benzene rings is 1. The highest BCUT2D eigenvalue weighted by Gasteiger charge is 2.08. The first-order valence-corrected chi connectivity index (χ1v) is 6.83. The summed E-state index contributed by atoms with van der Waals surface area (Å²) in [7, 11) is 0. The van der Waals surface area contributed by atoms with Crippen LogP contribution in [-0.4, -0.2) is 25.6 Å². The second-order valence-electron chi connectivity index (χ2n) is 4.85. The van der Waals surface area contributed by atoms with E-state index in [1.807, 2.05) is 22.9 Å². The van der Waals surface area contributed by atoms with Crippen molar-refractivity contribution in [2.24, 2.45) is 0 Å². The van der Waals surface area contributed by atoms with Crippen LogP contribution in [0.5, 0.6) is 0 Å². The van der Waals surface area contributed by atoms with E-state index in [0.29, 0.717) is 17.3 Å². The third-order valence-electron chi connectivity index (χ3n) is 3.11. The molecular formula is C15H15N5O2. The smallest absolute Gasteiger partial charge is 0.251 e. The van der Waals surface area contributed by atoms with E-state index in [1.54, 1.807) is 31.6 Å². The minimum absolute atomic E-state index is 0.176. The van der Waals surface area contributed by atoms with Gasteiger partial charge in [0, 0.05) is 24.5 Å². The first kappa shape index (κ1) is 14.0. The molecule has 3 rings (SSSR count). The third-order valence-corrected chi connectivity index (χ3v) is 3.11. The van der Waals surface area contributed by atoms with E-state index in [9.17, 15) is 4.79 Å². The second kappa shape index (κ2) is 6.21. The molecule has 0 aliphatic carbocycles. The van der Waals surface area contributed by atoms with E-state index in [1.165, 1.54) is 0 Å². The fraction of sp³-hybridized carbons (Fsp3) is 0.200. The summed E-state index contributed by atoms with van der Waals surface area (Å²) in [5.74, 6) is 0.765.